The number of nitrogens with zero attached hydrogens (tertiary/aromatic N) is 2. The zero-order valence-corrected chi connectivity index (χ0v) is 18.4. The van der Waals surface area contributed by atoms with E-state index in [4.69, 9.17) is 0 Å². The molecule has 0 saturated heterocycles. The van der Waals surface area contributed by atoms with Crippen molar-refractivity contribution in [1.82, 2.24) is 20.2 Å². The summed E-state index contributed by atoms with van der Waals surface area (Å²) in [4.78, 5) is 27.0. The van der Waals surface area contributed by atoms with Gasteiger partial charge in [-0.05, 0) is 56.2 Å². The number of benzene rings is 1. The van der Waals surface area contributed by atoms with Gasteiger partial charge in [-0.2, -0.15) is 0 Å². The van der Waals surface area contributed by atoms with Crippen LogP contribution in [0.15, 0.2) is 47.2 Å². The minimum atomic E-state index is -0.594. The van der Waals surface area contributed by atoms with Gasteiger partial charge in [0.05, 0.1) is 12.0 Å². The number of nitrogens with one attached hydrogen (secondary N) is 2. The van der Waals surface area contributed by atoms with Gasteiger partial charge in [-0.3, -0.25) is 9.59 Å². The zero-order chi connectivity index (χ0) is 21.0. The van der Waals surface area contributed by atoms with Crippen molar-refractivity contribution < 1.29 is 9.59 Å². The fourth-order valence-electron chi connectivity index (χ4n) is 2.98. The summed E-state index contributed by atoms with van der Waals surface area (Å²) in [7, 11) is 0. The molecule has 2 unspecified atom stereocenters. The second-order valence-corrected chi connectivity index (χ2v) is 9.47. The summed E-state index contributed by atoms with van der Waals surface area (Å²) in [6, 6.07) is 11.2. The van der Waals surface area contributed by atoms with Crippen LogP contribution in [0.2, 0.25) is 0 Å². The van der Waals surface area contributed by atoms with E-state index in [1.54, 1.807) is 5.38 Å². The van der Waals surface area contributed by atoms with E-state index >= 15 is 0 Å². The molecule has 0 aliphatic heterocycles. The van der Waals surface area contributed by atoms with E-state index in [1.807, 2.05) is 69.5 Å². The second-order valence-electron chi connectivity index (χ2n) is 7.88. The van der Waals surface area contributed by atoms with Crippen LogP contribution in [-0.2, 0) is 4.79 Å². The summed E-state index contributed by atoms with van der Waals surface area (Å²) in [6.07, 6.45) is 0. The molecule has 2 amide bonds. The average molecular weight is 429 g/mol. The molecule has 2 heterocycles. The molecular formula is C21H24N4O2S2. The molecule has 3 aromatic rings. The Labute approximate surface area is 178 Å². The second kappa shape index (κ2) is 8.84. The van der Waals surface area contributed by atoms with Crippen LogP contribution >= 0.6 is 22.9 Å². The number of amides is 2. The van der Waals surface area contributed by atoms with E-state index in [2.05, 4.69) is 20.2 Å². The minimum absolute atomic E-state index is 0.142. The van der Waals surface area contributed by atoms with E-state index in [1.165, 1.54) is 11.3 Å². The lowest BCUT2D eigenvalue weighted by Crippen LogP contribution is -2.46. The number of aryl methyl sites for hydroxylation is 1. The van der Waals surface area contributed by atoms with Crippen molar-refractivity contribution in [1.29, 1.82) is 0 Å². The van der Waals surface area contributed by atoms with Crippen LogP contribution in [0.25, 0.3) is 0 Å². The highest BCUT2D eigenvalue weighted by Gasteiger charge is 2.35. The molecule has 2 atom stereocenters. The van der Waals surface area contributed by atoms with Gasteiger partial charge in [0.2, 0.25) is 5.91 Å². The fourth-order valence-corrected chi connectivity index (χ4v) is 4.23. The molecule has 0 aliphatic carbocycles. The Bertz CT molecular complexity index is 946. The Balaban J connectivity index is 2.02. The predicted octanol–water partition coefficient (Wildman–Crippen LogP) is 4.08. The number of carbonyl (C=O) groups is 2. The molecule has 152 valence electrons. The van der Waals surface area contributed by atoms with Gasteiger partial charge in [0.1, 0.15) is 0 Å². The Morgan fingerprint density at radius 1 is 1.10 bits per heavy atom. The lowest BCUT2D eigenvalue weighted by Gasteiger charge is -2.30. The molecule has 2 N–H and O–H groups in total. The SMILES string of the molecule is Cc1ccc(C(C(=O)NC(C)(C)C)C(NC(=O)c2csnn2)c2cccs2)cc1. The third-order valence-corrected chi connectivity index (χ3v) is 5.74. The number of hydrogen-bond acceptors (Lipinski definition) is 6. The highest BCUT2D eigenvalue weighted by Crippen LogP contribution is 2.34. The molecule has 0 fully saturated rings. The van der Waals surface area contributed by atoms with Gasteiger partial charge in [0, 0.05) is 15.8 Å². The maximum absolute atomic E-state index is 13.4. The number of hydrogen-bond donors (Lipinski definition) is 2. The maximum Gasteiger partial charge on any atom is 0.273 e. The lowest BCUT2D eigenvalue weighted by molar-refractivity contribution is -0.124. The first-order valence-electron chi connectivity index (χ1n) is 9.24. The first-order valence-corrected chi connectivity index (χ1v) is 11.0. The van der Waals surface area contributed by atoms with Crippen molar-refractivity contribution in [2.24, 2.45) is 0 Å². The Morgan fingerprint density at radius 3 is 2.38 bits per heavy atom. The largest absolute Gasteiger partial charge is 0.351 e. The summed E-state index contributed by atoms with van der Waals surface area (Å²) >= 11 is 2.62. The van der Waals surface area contributed by atoms with Crippen LogP contribution in [0.3, 0.4) is 0 Å². The van der Waals surface area contributed by atoms with Crippen molar-refractivity contribution >= 4 is 34.7 Å². The molecule has 3 rings (SSSR count). The van der Waals surface area contributed by atoms with E-state index in [0.29, 0.717) is 0 Å². The van der Waals surface area contributed by atoms with Crippen LogP contribution in [0.1, 0.15) is 59.2 Å². The van der Waals surface area contributed by atoms with Crippen molar-refractivity contribution in [3.63, 3.8) is 0 Å². The molecule has 1 aromatic carbocycles. The van der Waals surface area contributed by atoms with Crippen LogP contribution in [0.4, 0.5) is 0 Å². The maximum atomic E-state index is 13.4. The van der Waals surface area contributed by atoms with Gasteiger partial charge >= 0.3 is 0 Å². The molecule has 0 bridgehead atoms. The Morgan fingerprint density at radius 2 is 1.83 bits per heavy atom. The Kier molecular flexibility index (Phi) is 6.44. The van der Waals surface area contributed by atoms with E-state index < -0.39 is 17.5 Å². The molecule has 0 spiro atoms. The standard InChI is InChI=1S/C21H24N4O2S2/c1-13-7-9-14(10-8-13)17(20(27)23-21(2,3)4)18(16-6-5-11-28-16)22-19(26)15-12-29-25-24-15/h5-12,17-18H,1-4H3,(H,22,26)(H,23,27). The van der Waals surface area contributed by atoms with Crippen molar-refractivity contribution in [2.75, 3.05) is 0 Å². The lowest BCUT2D eigenvalue weighted by atomic mass is 9.88. The molecule has 8 heteroatoms. The summed E-state index contributed by atoms with van der Waals surface area (Å²) in [5.74, 6) is -1.08. The fraction of sp³-hybridized carbons (Fsp3) is 0.333. The minimum Gasteiger partial charge on any atom is -0.351 e. The van der Waals surface area contributed by atoms with Crippen LogP contribution < -0.4 is 10.6 Å². The van der Waals surface area contributed by atoms with Gasteiger partial charge in [0.25, 0.3) is 5.91 Å². The van der Waals surface area contributed by atoms with Crippen molar-refractivity contribution in [3.8, 4) is 0 Å². The molecule has 0 saturated carbocycles. The first-order chi connectivity index (χ1) is 13.7. The van der Waals surface area contributed by atoms with Crippen LogP contribution in [0, 0.1) is 6.92 Å². The monoisotopic (exact) mass is 428 g/mol. The van der Waals surface area contributed by atoms with E-state index in [9.17, 15) is 9.59 Å². The van der Waals surface area contributed by atoms with Gasteiger partial charge in [-0.1, -0.05) is 40.4 Å². The van der Waals surface area contributed by atoms with Crippen LogP contribution in [0.5, 0.6) is 0 Å². The predicted molar refractivity (Wildman–Crippen MR) is 116 cm³/mol. The third-order valence-electron chi connectivity index (χ3n) is 4.28. The van der Waals surface area contributed by atoms with Gasteiger partial charge in [0.15, 0.2) is 5.69 Å². The molecule has 6 nitrogen and oxygen atoms in total. The quantitative estimate of drug-likeness (QED) is 0.620. The van der Waals surface area contributed by atoms with E-state index in [0.717, 1.165) is 27.5 Å². The number of rotatable bonds is 6. The van der Waals surface area contributed by atoms with E-state index in [-0.39, 0.29) is 17.5 Å². The zero-order valence-electron chi connectivity index (χ0n) is 16.8. The molecule has 0 aliphatic rings. The van der Waals surface area contributed by atoms with Gasteiger partial charge < -0.3 is 10.6 Å². The van der Waals surface area contributed by atoms with Gasteiger partial charge in [-0.25, -0.2) is 0 Å². The van der Waals surface area contributed by atoms with Gasteiger partial charge in [-0.15, -0.1) is 16.4 Å². The molecule has 2 aromatic heterocycles. The molecular weight excluding hydrogens is 404 g/mol. The Hall–Kier alpha value is -2.58. The number of aromatic nitrogens is 2. The third kappa shape index (κ3) is 5.48. The molecule has 29 heavy (non-hydrogen) atoms. The first kappa shape index (κ1) is 21.1. The average Bonchev–Trinajstić information content (AvgIpc) is 3.35. The number of thiophene rings is 1. The normalized spacial score (nSPS) is 13.5. The summed E-state index contributed by atoms with van der Waals surface area (Å²) in [6.45, 7) is 7.83. The highest BCUT2D eigenvalue weighted by molar-refractivity contribution is 7.10. The van der Waals surface area contributed by atoms with Crippen molar-refractivity contribution in [3.05, 3.63) is 68.9 Å². The number of carbonyl (C=O) groups excluding carboxylic acids is 2. The topological polar surface area (TPSA) is 84.0 Å². The highest BCUT2D eigenvalue weighted by atomic mass is 32.1. The summed E-state index contributed by atoms with van der Waals surface area (Å²) in [5, 5.41) is 13.5. The molecule has 0 radical (unpaired) electrons. The van der Waals surface area contributed by atoms with Crippen LogP contribution in [-0.4, -0.2) is 26.9 Å². The smallest absolute Gasteiger partial charge is 0.273 e. The summed E-state index contributed by atoms with van der Waals surface area (Å²) in [5.41, 5.74) is 1.79. The summed E-state index contributed by atoms with van der Waals surface area (Å²) < 4.78 is 3.76. The van der Waals surface area contributed by atoms with Crippen molar-refractivity contribution in [2.45, 2.75) is 45.2 Å².